The molecule has 11 nitrogen and oxygen atoms in total. The standard InChI is InChI=1S/C19H23ClN8O3S2/c1-27(2)19(31)11(8-21-17(32)15(29)24-14-5-4-13(20)25-26-14)22-16(30)18-23-10-6-7-28(3)9-12(10)33-18/h4-5,11H,6-9H2,1-3H3,(H,21,32)(H,22,30)(H,24,26,29). The zero-order valence-corrected chi connectivity index (χ0v) is 20.6. The van der Waals surface area contributed by atoms with E-state index < -0.39 is 17.9 Å². The van der Waals surface area contributed by atoms with Crippen LogP contribution in [0.2, 0.25) is 5.15 Å². The molecule has 0 saturated carbocycles. The molecule has 176 valence electrons. The van der Waals surface area contributed by atoms with Crippen molar-refractivity contribution in [2.45, 2.75) is 19.0 Å². The molecule has 1 aliphatic heterocycles. The van der Waals surface area contributed by atoms with Crippen LogP contribution < -0.4 is 16.0 Å². The molecule has 1 aliphatic rings. The number of nitrogens with one attached hydrogen (secondary N) is 3. The summed E-state index contributed by atoms with van der Waals surface area (Å²) in [5.74, 6) is -1.28. The van der Waals surface area contributed by atoms with Gasteiger partial charge in [-0.2, -0.15) is 0 Å². The maximum absolute atomic E-state index is 12.8. The highest BCUT2D eigenvalue weighted by Gasteiger charge is 2.27. The minimum atomic E-state index is -0.961. The maximum Gasteiger partial charge on any atom is 0.284 e. The van der Waals surface area contributed by atoms with E-state index in [4.69, 9.17) is 23.8 Å². The molecule has 3 N–H and O–H groups in total. The van der Waals surface area contributed by atoms with Crippen LogP contribution in [-0.2, 0) is 22.6 Å². The molecular weight excluding hydrogens is 488 g/mol. The number of hydrogen-bond acceptors (Lipinski definition) is 9. The molecule has 2 aromatic rings. The Morgan fingerprint density at radius 2 is 2.06 bits per heavy atom. The third-order valence-corrected chi connectivity index (χ3v) is 6.32. The number of halogens is 1. The number of rotatable bonds is 6. The van der Waals surface area contributed by atoms with E-state index in [1.165, 1.54) is 28.4 Å². The van der Waals surface area contributed by atoms with Crippen LogP contribution in [0.3, 0.4) is 0 Å². The van der Waals surface area contributed by atoms with Crippen molar-refractivity contribution >= 4 is 63.7 Å². The predicted octanol–water partition coefficient (Wildman–Crippen LogP) is 0.317. The Morgan fingerprint density at radius 1 is 1.30 bits per heavy atom. The quantitative estimate of drug-likeness (QED) is 0.470. The first-order valence-electron chi connectivity index (χ1n) is 9.91. The second-order valence-electron chi connectivity index (χ2n) is 7.54. The number of carbonyl (C=O) groups excluding carboxylic acids is 3. The Morgan fingerprint density at radius 3 is 2.73 bits per heavy atom. The lowest BCUT2D eigenvalue weighted by molar-refractivity contribution is -0.130. The molecule has 3 amide bonds. The highest BCUT2D eigenvalue weighted by molar-refractivity contribution is 7.82. The van der Waals surface area contributed by atoms with Gasteiger partial charge in [-0.1, -0.05) is 23.8 Å². The summed E-state index contributed by atoms with van der Waals surface area (Å²) in [7, 11) is 5.16. The van der Waals surface area contributed by atoms with Gasteiger partial charge in [0.15, 0.2) is 21.0 Å². The molecule has 14 heteroatoms. The van der Waals surface area contributed by atoms with Gasteiger partial charge in [-0.15, -0.1) is 21.5 Å². The van der Waals surface area contributed by atoms with Crippen molar-refractivity contribution in [3.8, 4) is 0 Å². The lowest BCUT2D eigenvalue weighted by atomic mass is 10.2. The van der Waals surface area contributed by atoms with Gasteiger partial charge < -0.3 is 25.8 Å². The van der Waals surface area contributed by atoms with Crippen molar-refractivity contribution in [3.05, 3.63) is 32.9 Å². The topological polar surface area (TPSA) is 132 Å². The number of nitrogens with zero attached hydrogens (tertiary/aromatic N) is 5. The predicted molar refractivity (Wildman–Crippen MR) is 128 cm³/mol. The molecule has 2 aromatic heterocycles. The maximum atomic E-state index is 12.8. The Hall–Kier alpha value is -2.74. The van der Waals surface area contributed by atoms with Crippen molar-refractivity contribution in [2.75, 3.05) is 39.5 Å². The normalized spacial score (nSPS) is 14.1. The number of thiazole rings is 1. The van der Waals surface area contributed by atoms with E-state index in [0.717, 1.165) is 30.1 Å². The van der Waals surface area contributed by atoms with Crippen LogP contribution in [-0.4, -0.2) is 88.0 Å². The Balaban J connectivity index is 1.62. The van der Waals surface area contributed by atoms with Crippen molar-refractivity contribution in [1.82, 2.24) is 35.6 Å². The summed E-state index contributed by atoms with van der Waals surface area (Å²) in [6, 6.07) is 1.98. The number of carbonyl (C=O) groups is 3. The number of fused-ring (bicyclic) bond motifs is 1. The van der Waals surface area contributed by atoms with Gasteiger partial charge in [-0.05, 0) is 19.2 Å². The molecule has 0 spiro atoms. The zero-order chi connectivity index (χ0) is 24.1. The van der Waals surface area contributed by atoms with Crippen molar-refractivity contribution in [1.29, 1.82) is 0 Å². The second kappa shape index (κ2) is 10.9. The fourth-order valence-electron chi connectivity index (χ4n) is 2.98. The number of hydrogen-bond donors (Lipinski definition) is 3. The lowest BCUT2D eigenvalue weighted by Crippen LogP contribution is -2.53. The summed E-state index contributed by atoms with van der Waals surface area (Å²) in [5, 5.41) is 15.7. The van der Waals surface area contributed by atoms with Crippen molar-refractivity contribution in [2.24, 2.45) is 0 Å². The molecule has 1 atom stereocenters. The SMILES string of the molecule is CN1CCc2nc(C(=O)NC(CNC(=S)C(=O)Nc3ccc(Cl)nn3)C(=O)N(C)C)sc2C1. The summed E-state index contributed by atoms with van der Waals surface area (Å²) in [5.41, 5.74) is 0.917. The number of likely N-dealkylation sites (N-methyl/N-ethyl adjacent to an activating group) is 2. The Bertz CT molecular complexity index is 1060. The largest absolute Gasteiger partial charge is 0.369 e. The average molecular weight is 511 g/mol. The van der Waals surface area contributed by atoms with Crippen molar-refractivity contribution in [3.63, 3.8) is 0 Å². The Labute approximate surface area is 204 Å². The van der Waals surface area contributed by atoms with Crippen LogP contribution >= 0.6 is 35.2 Å². The van der Waals surface area contributed by atoms with E-state index >= 15 is 0 Å². The van der Waals surface area contributed by atoms with Gasteiger partial charge in [0, 0.05) is 45.0 Å². The van der Waals surface area contributed by atoms with E-state index in [0.29, 0.717) is 5.01 Å². The molecule has 3 heterocycles. The molecule has 1 unspecified atom stereocenters. The minimum absolute atomic E-state index is 0.0882. The fraction of sp³-hybridized carbons (Fsp3) is 0.421. The van der Waals surface area contributed by atoms with Gasteiger partial charge in [0.2, 0.25) is 5.91 Å². The minimum Gasteiger partial charge on any atom is -0.369 e. The molecule has 33 heavy (non-hydrogen) atoms. The molecule has 0 saturated heterocycles. The molecule has 0 aliphatic carbocycles. The number of amides is 3. The summed E-state index contributed by atoms with van der Waals surface area (Å²) >= 11 is 12.1. The monoisotopic (exact) mass is 510 g/mol. The van der Waals surface area contributed by atoms with Crippen LogP contribution in [0.4, 0.5) is 5.82 Å². The van der Waals surface area contributed by atoms with E-state index in [9.17, 15) is 14.4 Å². The highest BCUT2D eigenvalue weighted by atomic mass is 35.5. The van der Waals surface area contributed by atoms with Crippen molar-refractivity contribution < 1.29 is 14.4 Å². The van der Waals surface area contributed by atoms with Gasteiger partial charge in [0.1, 0.15) is 6.04 Å². The van der Waals surface area contributed by atoms with Crippen LogP contribution in [0, 0.1) is 0 Å². The van der Waals surface area contributed by atoms with Crippen LogP contribution in [0.15, 0.2) is 12.1 Å². The number of thiocarbonyl (C=S) groups is 1. The molecule has 0 bridgehead atoms. The smallest absolute Gasteiger partial charge is 0.284 e. The molecule has 0 aromatic carbocycles. The third kappa shape index (κ3) is 6.63. The first-order valence-corrected chi connectivity index (χ1v) is 11.5. The first kappa shape index (κ1) is 24.9. The number of anilines is 1. The van der Waals surface area contributed by atoms with E-state index in [-0.39, 0.29) is 28.4 Å². The first-order chi connectivity index (χ1) is 15.6. The van der Waals surface area contributed by atoms with Crippen LogP contribution in [0.5, 0.6) is 0 Å². The second-order valence-corrected chi connectivity index (χ2v) is 9.42. The fourth-order valence-corrected chi connectivity index (χ4v) is 4.31. The third-order valence-electron chi connectivity index (χ3n) is 4.71. The molecule has 3 rings (SSSR count). The molecular formula is C19H23ClN8O3S2. The van der Waals surface area contributed by atoms with Crippen LogP contribution in [0.1, 0.15) is 20.4 Å². The van der Waals surface area contributed by atoms with E-state index in [1.807, 2.05) is 7.05 Å². The summed E-state index contributed by atoms with van der Waals surface area (Å²) in [6.45, 7) is 1.53. The highest BCUT2D eigenvalue weighted by Crippen LogP contribution is 2.24. The summed E-state index contributed by atoms with van der Waals surface area (Å²) in [6.07, 6.45) is 0.776. The molecule has 0 fully saturated rings. The van der Waals surface area contributed by atoms with Gasteiger partial charge in [0.25, 0.3) is 11.8 Å². The van der Waals surface area contributed by atoms with E-state index in [2.05, 4.69) is 36.0 Å². The van der Waals surface area contributed by atoms with Gasteiger partial charge >= 0.3 is 0 Å². The number of aromatic nitrogens is 3. The summed E-state index contributed by atoms with van der Waals surface area (Å²) in [4.78, 5) is 46.5. The zero-order valence-electron chi connectivity index (χ0n) is 18.2. The van der Waals surface area contributed by atoms with Gasteiger partial charge in [0.05, 0.1) is 5.69 Å². The van der Waals surface area contributed by atoms with Gasteiger partial charge in [-0.25, -0.2) is 4.98 Å². The van der Waals surface area contributed by atoms with E-state index in [1.54, 1.807) is 14.1 Å². The molecule has 0 radical (unpaired) electrons. The Kier molecular flexibility index (Phi) is 8.24. The lowest BCUT2D eigenvalue weighted by Gasteiger charge is -2.22. The van der Waals surface area contributed by atoms with Crippen LogP contribution in [0.25, 0.3) is 0 Å². The average Bonchev–Trinajstić information content (AvgIpc) is 3.20. The van der Waals surface area contributed by atoms with Gasteiger partial charge in [-0.3, -0.25) is 14.4 Å². The summed E-state index contributed by atoms with van der Waals surface area (Å²) < 4.78 is 0.